The molecule has 0 bridgehead atoms. The Kier molecular flexibility index (Phi) is 3.58. The third-order valence-electron chi connectivity index (χ3n) is 0.491. The molecular formula is C2H3Cl3F2Si. The minimum atomic E-state index is -3.93. The SMILES string of the molecule is FCC(Cl)[Si](F)(Cl)Cl. The monoisotopic (exact) mass is 198 g/mol. The van der Waals surface area contributed by atoms with Crippen molar-refractivity contribution in [1.29, 1.82) is 0 Å². The van der Waals surface area contributed by atoms with Crippen LogP contribution in [0.5, 0.6) is 0 Å². The molecular weight excluding hydrogens is 196 g/mol. The maximum Gasteiger partial charge on any atom is 0.453 e. The molecule has 0 rings (SSSR count). The molecule has 0 N–H and O–H groups in total. The molecule has 0 nitrogen and oxygen atoms in total. The van der Waals surface area contributed by atoms with E-state index in [2.05, 4.69) is 0 Å². The number of hydrogen-bond acceptors (Lipinski definition) is 0. The Morgan fingerprint density at radius 2 is 1.88 bits per heavy atom. The van der Waals surface area contributed by atoms with Gasteiger partial charge in [0.2, 0.25) is 0 Å². The van der Waals surface area contributed by atoms with Crippen molar-refractivity contribution in [3.63, 3.8) is 0 Å². The van der Waals surface area contributed by atoms with Crippen molar-refractivity contribution in [2.75, 3.05) is 6.67 Å². The highest BCUT2D eigenvalue weighted by atomic mass is 35.7. The third kappa shape index (κ3) is 3.07. The standard InChI is InChI=1S/C2H3Cl3F2Si/c3-2(1-6)8(4,5)7/h2H,1H2. The molecule has 0 radical (unpaired) electrons. The van der Waals surface area contributed by atoms with Gasteiger partial charge in [-0.3, -0.25) is 4.11 Å². The highest BCUT2D eigenvalue weighted by Crippen LogP contribution is 2.25. The summed E-state index contributed by atoms with van der Waals surface area (Å²) in [6.07, 6.45) is 0. The highest BCUT2D eigenvalue weighted by Gasteiger charge is 2.38. The third-order valence-corrected chi connectivity index (χ3v) is 4.62. The second kappa shape index (κ2) is 3.20. The van der Waals surface area contributed by atoms with Crippen molar-refractivity contribution < 1.29 is 8.50 Å². The zero-order chi connectivity index (χ0) is 6.78. The second-order valence-corrected chi connectivity index (χ2v) is 7.72. The lowest BCUT2D eigenvalue weighted by molar-refractivity contribution is 0.508. The van der Waals surface area contributed by atoms with Crippen molar-refractivity contribution in [3.05, 3.63) is 0 Å². The number of halogens is 5. The van der Waals surface area contributed by atoms with Crippen molar-refractivity contribution in [2.24, 2.45) is 0 Å². The molecule has 0 aliphatic carbocycles. The zero-order valence-electron chi connectivity index (χ0n) is 3.67. The van der Waals surface area contributed by atoms with E-state index in [0.29, 0.717) is 0 Å². The van der Waals surface area contributed by atoms with E-state index < -0.39 is 18.7 Å². The Morgan fingerprint density at radius 1 is 1.50 bits per heavy atom. The molecule has 6 heteroatoms. The van der Waals surface area contributed by atoms with Gasteiger partial charge in [0.25, 0.3) is 0 Å². The van der Waals surface area contributed by atoms with Crippen LogP contribution in [0.2, 0.25) is 0 Å². The fraction of sp³-hybridized carbons (Fsp3) is 1.00. The molecule has 0 aromatic rings. The normalized spacial score (nSPS) is 16.1. The summed E-state index contributed by atoms with van der Waals surface area (Å²) in [6.45, 7) is -1.02. The zero-order valence-corrected chi connectivity index (χ0v) is 6.94. The lowest BCUT2D eigenvalue weighted by Gasteiger charge is -2.07. The number of hydrogen-bond donors (Lipinski definition) is 0. The number of alkyl halides is 2. The molecule has 0 aliphatic rings. The van der Waals surface area contributed by atoms with Crippen LogP contribution in [0.3, 0.4) is 0 Å². The first-order chi connectivity index (χ1) is 3.48. The molecule has 0 amide bonds. The summed E-state index contributed by atoms with van der Waals surface area (Å²) in [6, 6.07) is 0. The van der Waals surface area contributed by atoms with Gasteiger partial charge in [0, 0.05) is 0 Å². The van der Waals surface area contributed by atoms with Crippen LogP contribution >= 0.6 is 33.8 Å². The summed E-state index contributed by atoms with van der Waals surface area (Å²) in [7, 11) is -3.93. The molecule has 1 atom stereocenters. The maximum absolute atomic E-state index is 12.1. The van der Waals surface area contributed by atoms with Gasteiger partial charge in [0.15, 0.2) is 0 Å². The predicted octanol–water partition coefficient (Wildman–Crippen LogP) is 2.49. The van der Waals surface area contributed by atoms with Crippen LogP contribution in [0, 0.1) is 0 Å². The average Bonchev–Trinajstić information content (AvgIpc) is 1.62. The van der Waals surface area contributed by atoms with E-state index in [1.54, 1.807) is 0 Å². The Morgan fingerprint density at radius 3 is 1.88 bits per heavy atom. The van der Waals surface area contributed by atoms with Crippen LogP contribution in [0.25, 0.3) is 0 Å². The largest absolute Gasteiger partial charge is 0.453 e. The minimum absolute atomic E-state index is 1.02. The molecule has 0 aliphatic heterocycles. The van der Waals surface area contributed by atoms with Gasteiger partial charge in [0.05, 0.1) is 0 Å². The summed E-state index contributed by atoms with van der Waals surface area (Å²) in [5.74, 6) is 0. The van der Waals surface area contributed by atoms with Crippen molar-refractivity contribution in [3.8, 4) is 0 Å². The van der Waals surface area contributed by atoms with E-state index in [9.17, 15) is 8.50 Å². The van der Waals surface area contributed by atoms with Gasteiger partial charge in [-0.1, -0.05) is 0 Å². The van der Waals surface area contributed by atoms with Gasteiger partial charge in [-0.15, -0.1) is 33.8 Å². The van der Waals surface area contributed by atoms with Gasteiger partial charge in [-0.25, -0.2) is 4.39 Å². The summed E-state index contributed by atoms with van der Waals surface area (Å²) in [4.78, 5) is 0. The summed E-state index contributed by atoms with van der Waals surface area (Å²) >= 11 is 14.7. The van der Waals surface area contributed by atoms with Gasteiger partial charge >= 0.3 is 7.03 Å². The lowest BCUT2D eigenvalue weighted by atomic mass is 10.9. The van der Waals surface area contributed by atoms with Gasteiger partial charge in [-0.2, -0.15) is 0 Å². The summed E-state index contributed by atoms with van der Waals surface area (Å²) in [5.41, 5.74) is 0. The molecule has 1 unspecified atom stereocenters. The van der Waals surface area contributed by atoms with E-state index in [4.69, 9.17) is 33.8 Å². The molecule has 0 saturated heterocycles. The fourth-order valence-electron chi connectivity index (χ4n) is 0.0875. The van der Waals surface area contributed by atoms with E-state index in [1.807, 2.05) is 0 Å². The Labute approximate surface area is 61.3 Å². The van der Waals surface area contributed by atoms with E-state index in [0.717, 1.165) is 0 Å². The maximum atomic E-state index is 12.1. The molecule has 50 valence electrons. The van der Waals surface area contributed by atoms with Crippen LogP contribution in [-0.4, -0.2) is 18.7 Å². The smallest absolute Gasteiger partial charge is 0.270 e. The van der Waals surface area contributed by atoms with Crippen LogP contribution in [0.1, 0.15) is 0 Å². The first-order valence-corrected chi connectivity index (χ1v) is 6.16. The highest BCUT2D eigenvalue weighted by molar-refractivity contribution is 7.44. The van der Waals surface area contributed by atoms with Gasteiger partial charge in [0.1, 0.15) is 11.7 Å². The molecule has 0 spiro atoms. The molecule has 0 aromatic heterocycles. The van der Waals surface area contributed by atoms with E-state index in [1.165, 1.54) is 0 Å². The summed E-state index contributed by atoms with van der Waals surface area (Å²) in [5, 5.41) is -1.34. The van der Waals surface area contributed by atoms with Crippen LogP contribution in [0.4, 0.5) is 8.50 Å². The average molecular weight is 199 g/mol. The topological polar surface area (TPSA) is 0 Å². The van der Waals surface area contributed by atoms with Crippen LogP contribution in [-0.2, 0) is 0 Å². The molecule has 0 heterocycles. The second-order valence-electron chi connectivity index (χ2n) is 1.16. The van der Waals surface area contributed by atoms with Crippen LogP contribution < -0.4 is 0 Å². The van der Waals surface area contributed by atoms with E-state index >= 15 is 0 Å². The first kappa shape index (κ1) is 8.95. The predicted molar refractivity (Wildman–Crippen MR) is 34.2 cm³/mol. The molecule has 0 aromatic carbocycles. The Balaban J connectivity index is 3.62. The Hall–Kier alpha value is 0.947. The van der Waals surface area contributed by atoms with Crippen molar-refractivity contribution in [1.82, 2.24) is 0 Å². The van der Waals surface area contributed by atoms with Crippen LogP contribution in [0.15, 0.2) is 0 Å². The molecule has 0 fully saturated rings. The van der Waals surface area contributed by atoms with Gasteiger partial charge < -0.3 is 0 Å². The van der Waals surface area contributed by atoms with Crippen molar-refractivity contribution in [2.45, 2.75) is 5.00 Å². The molecule has 8 heavy (non-hydrogen) atoms. The van der Waals surface area contributed by atoms with Crippen molar-refractivity contribution >= 4 is 40.8 Å². The van der Waals surface area contributed by atoms with Gasteiger partial charge in [-0.05, 0) is 0 Å². The van der Waals surface area contributed by atoms with E-state index in [-0.39, 0.29) is 0 Å². The fourth-order valence-corrected chi connectivity index (χ4v) is 0.612. The summed E-state index contributed by atoms with van der Waals surface area (Å²) < 4.78 is 23.5. The Bertz CT molecular complexity index is 72.2. The first-order valence-electron chi connectivity index (χ1n) is 1.75. The lowest BCUT2D eigenvalue weighted by Crippen LogP contribution is -2.28. The minimum Gasteiger partial charge on any atom is -0.270 e. The number of rotatable bonds is 2. The quantitative estimate of drug-likeness (QED) is 0.364. The molecule has 0 saturated carbocycles.